The summed E-state index contributed by atoms with van der Waals surface area (Å²) in [5.74, 6) is 0.462. The van der Waals surface area contributed by atoms with Crippen LogP contribution in [-0.4, -0.2) is 27.8 Å². The van der Waals surface area contributed by atoms with Crippen molar-refractivity contribution in [2.24, 2.45) is 0 Å². The van der Waals surface area contributed by atoms with Crippen LogP contribution in [0.2, 0.25) is 0 Å². The predicted molar refractivity (Wildman–Crippen MR) is 103 cm³/mol. The normalized spacial score (nSPS) is 10.4. The molecule has 1 N–H and O–H groups in total. The van der Waals surface area contributed by atoms with Gasteiger partial charge in [0, 0.05) is 37.0 Å². The third-order valence-electron chi connectivity index (χ3n) is 3.98. The Hall–Kier alpha value is -3.48. The van der Waals surface area contributed by atoms with E-state index in [1.54, 1.807) is 37.7 Å². The lowest BCUT2D eigenvalue weighted by Gasteiger charge is -2.10. The number of aryl methyl sites for hydroxylation is 1. The van der Waals surface area contributed by atoms with Crippen molar-refractivity contribution in [1.29, 1.82) is 0 Å². The molecular formula is C20H20N4O3. The maximum atomic E-state index is 12.2. The summed E-state index contributed by atoms with van der Waals surface area (Å²) in [6.07, 6.45) is 4.13. The number of amides is 1. The highest BCUT2D eigenvalue weighted by atomic mass is 16.5. The molecule has 1 amide bonds. The Balaban J connectivity index is 1.60. The van der Waals surface area contributed by atoms with Gasteiger partial charge in [0.15, 0.2) is 0 Å². The lowest BCUT2D eigenvalue weighted by molar-refractivity contribution is -0.116. The molecule has 7 nitrogen and oxygen atoms in total. The first-order valence-corrected chi connectivity index (χ1v) is 8.59. The fourth-order valence-corrected chi connectivity index (χ4v) is 2.63. The second-order valence-electron chi connectivity index (χ2n) is 5.87. The van der Waals surface area contributed by atoms with Gasteiger partial charge in [0.25, 0.3) is 5.56 Å². The Bertz CT molecular complexity index is 970. The van der Waals surface area contributed by atoms with E-state index < -0.39 is 0 Å². The van der Waals surface area contributed by atoms with E-state index in [1.807, 2.05) is 24.3 Å². The Morgan fingerprint density at radius 2 is 2.00 bits per heavy atom. The molecule has 0 saturated heterocycles. The van der Waals surface area contributed by atoms with Crippen LogP contribution < -0.4 is 15.6 Å². The molecule has 3 aromatic rings. The molecule has 0 spiro atoms. The molecule has 7 heteroatoms. The summed E-state index contributed by atoms with van der Waals surface area (Å²) in [6.45, 7) is 0.353. The van der Waals surface area contributed by atoms with Crippen molar-refractivity contribution < 1.29 is 9.53 Å². The second kappa shape index (κ2) is 8.75. The lowest BCUT2D eigenvalue weighted by atomic mass is 10.2. The Labute approximate surface area is 156 Å². The number of hydrogen-bond acceptors (Lipinski definition) is 5. The third kappa shape index (κ3) is 4.78. The molecule has 0 aliphatic rings. The first-order valence-electron chi connectivity index (χ1n) is 8.59. The van der Waals surface area contributed by atoms with Crippen molar-refractivity contribution in [3.8, 4) is 17.0 Å². The summed E-state index contributed by atoms with van der Waals surface area (Å²) in [6, 6.07) is 14.1. The van der Waals surface area contributed by atoms with Gasteiger partial charge >= 0.3 is 0 Å². The number of aromatic nitrogens is 3. The Morgan fingerprint density at radius 3 is 2.78 bits per heavy atom. The van der Waals surface area contributed by atoms with Crippen LogP contribution in [0.1, 0.15) is 12.8 Å². The van der Waals surface area contributed by atoms with Crippen molar-refractivity contribution >= 4 is 11.6 Å². The van der Waals surface area contributed by atoms with Crippen LogP contribution in [0.15, 0.2) is 65.7 Å². The van der Waals surface area contributed by atoms with Crippen molar-refractivity contribution in [3.05, 3.63) is 71.3 Å². The van der Waals surface area contributed by atoms with Crippen molar-refractivity contribution in [3.63, 3.8) is 0 Å². The average Bonchev–Trinajstić information content (AvgIpc) is 2.70. The lowest BCUT2D eigenvalue weighted by Crippen LogP contribution is -2.23. The minimum atomic E-state index is -0.201. The number of anilines is 1. The topological polar surface area (TPSA) is 86.1 Å². The minimum absolute atomic E-state index is 0.143. The van der Waals surface area contributed by atoms with Crippen molar-refractivity contribution in [2.75, 3.05) is 12.4 Å². The highest BCUT2D eigenvalue weighted by Crippen LogP contribution is 2.23. The number of pyridine rings is 1. The number of hydrogen-bond donors (Lipinski definition) is 1. The summed E-state index contributed by atoms with van der Waals surface area (Å²) in [5.41, 5.74) is 1.92. The molecule has 0 saturated carbocycles. The van der Waals surface area contributed by atoms with E-state index in [0.29, 0.717) is 30.1 Å². The molecule has 0 aliphatic heterocycles. The summed E-state index contributed by atoms with van der Waals surface area (Å²) in [4.78, 5) is 28.2. The SMILES string of the molecule is COc1ccccc1NC(=O)CCCn1nc(-c2cccnc2)ccc1=O. The molecule has 27 heavy (non-hydrogen) atoms. The van der Waals surface area contributed by atoms with Gasteiger partial charge in [-0.3, -0.25) is 14.6 Å². The van der Waals surface area contributed by atoms with E-state index in [1.165, 1.54) is 10.7 Å². The highest BCUT2D eigenvalue weighted by Gasteiger charge is 2.08. The van der Waals surface area contributed by atoms with E-state index >= 15 is 0 Å². The summed E-state index contributed by atoms with van der Waals surface area (Å²) >= 11 is 0. The fourth-order valence-electron chi connectivity index (χ4n) is 2.63. The summed E-state index contributed by atoms with van der Waals surface area (Å²) < 4.78 is 6.59. The van der Waals surface area contributed by atoms with Crippen LogP contribution in [0.25, 0.3) is 11.3 Å². The van der Waals surface area contributed by atoms with Gasteiger partial charge in [0.05, 0.1) is 18.5 Å². The van der Waals surface area contributed by atoms with Gasteiger partial charge in [-0.1, -0.05) is 12.1 Å². The van der Waals surface area contributed by atoms with E-state index in [4.69, 9.17) is 4.74 Å². The average molecular weight is 364 g/mol. The molecule has 3 rings (SSSR count). The smallest absolute Gasteiger partial charge is 0.266 e. The summed E-state index contributed by atoms with van der Waals surface area (Å²) in [5, 5.41) is 7.18. The zero-order chi connectivity index (χ0) is 19.1. The standard InChI is InChI=1S/C20H20N4O3/c1-27-18-8-3-2-7-17(18)22-19(25)9-5-13-24-20(26)11-10-16(23-24)15-6-4-12-21-14-15/h2-4,6-8,10-12,14H,5,9,13H2,1H3,(H,22,25). The highest BCUT2D eigenvalue weighted by molar-refractivity contribution is 5.92. The van der Waals surface area contributed by atoms with Crippen molar-refractivity contribution in [2.45, 2.75) is 19.4 Å². The van der Waals surface area contributed by atoms with E-state index in [9.17, 15) is 9.59 Å². The number of nitrogens with zero attached hydrogens (tertiary/aromatic N) is 3. The fraction of sp³-hybridized carbons (Fsp3) is 0.200. The molecule has 0 unspecified atom stereocenters. The number of carbonyl (C=O) groups is 1. The van der Waals surface area contributed by atoms with E-state index in [0.717, 1.165) is 5.56 Å². The molecule has 0 radical (unpaired) electrons. The van der Waals surface area contributed by atoms with Crippen LogP contribution in [0.4, 0.5) is 5.69 Å². The van der Waals surface area contributed by atoms with E-state index in [2.05, 4.69) is 15.4 Å². The van der Waals surface area contributed by atoms with Crippen LogP contribution in [0, 0.1) is 0 Å². The zero-order valence-corrected chi connectivity index (χ0v) is 15.0. The van der Waals surface area contributed by atoms with Gasteiger partial charge < -0.3 is 10.1 Å². The molecule has 138 valence electrons. The predicted octanol–water partition coefficient (Wildman–Crippen LogP) is 2.73. The number of methoxy groups -OCH3 is 1. The third-order valence-corrected chi connectivity index (χ3v) is 3.98. The first kappa shape index (κ1) is 18.3. The number of benzene rings is 1. The maximum absolute atomic E-state index is 12.2. The molecular weight excluding hydrogens is 344 g/mol. The quantitative estimate of drug-likeness (QED) is 0.697. The minimum Gasteiger partial charge on any atom is -0.495 e. The molecule has 1 aromatic carbocycles. The number of nitrogens with one attached hydrogen (secondary N) is 1. The van der Waals surface area contributed by atoms with Crippen LogP contribution in [-0.2, 0) is 11.3 Å². The monoisotopic (exact) mass is 364 g/mol. The van der Waals surface area contributed by atoms with Crippen molar-refractivity contribution in [1.82, 2.24) is 14.8 Å². The molecule has 0 atom stereocenters. The van der Waals surface area contributed by atoms with Gasteiger partial charge in [-0.15, -0.1) is 0 Å². The van der Waals surface area contributed by atoms with Gasteiger partial charge in [-0.2, -0.15) is 5.10 Å². The molecule has 0 fully saturated rings. The van der Waals surface area contributed by atoms with Gasteiger partial charge in [0.1, 0.15) is 5.75 Å². The van der Waals surface area contributed by atoms with Gasteiger partial charge in [0.2, 0.25) is 5.91 Å². The molecule has 2 heterocycles. The summed E-state index contributed by atoms with van der Waals surface area (Å²) in [7, 11) is 1.55. The largest absolute Gasteiger partial charge is 0.495 e. The molecule has 0 aliphatic carbocycles. The van der Waals surface area contributed by atoms with Gasteiger partial charge in [-0.05, 0) is 36.8 Å². The van der Waals surface area contributed by atoms with Gasteiger partial charge in [-0.25, -0.2) is 4.68 Å². The van der Waals surface area contributed by atoms with Crippen LogP contribution in [0.5, 0.6) is 5.75 Å². The Kier molecular flexibility index (Phi) is 5.94. The second-order valence-corrected chi connectivity index (χ2v) is 5.87. The molecule has 0 bridgehead atoms. The molecule has 2 aromatic heterocycles. The first-order chi connectivity index (χ1) is 13.2. The van der Waals surface area contributed by atoms with Crippen LogP contribution in [0.3, 0.4) is 0 Å². The maximum Gasteiger partial charge on any atom is 0.266 e. The zero-order valence-electron chi connectivity index (χ0n) is 15.0. The Morgan fingerprint density at radius 1 is 1.15 bits per heavy atom. The number of para-hydroxylation sites is 2. The van der Waals surface area contributed by atoms with E-state index in [-0.39, 0.29) is 17.9 Å². The number of rotatable bonds is 7. The number of carbonyl (C=O) groups excluding carboxylic acids is 1. The number of ether oxygens (including phenoxy) is 1. The van der Waals surface area contributed by atoms with Crippen LogP contribution >= 0.6 is 0 Å².